The third-order valence-corrected chi connectivity index (χ3v) is 4.90. The average Bonchev–Trinajstić information content (AvgIpc) is 2.50. The molecule has 140 valence electrons. The quantitative estimate of drug-likeness (QED) is 0.136. The number of carbonyl (C=O) groups is 3. The van der Waals surface area contributed by atoms with Gasteiger partial charge in [0.05, 0.1) is 0 Å². The molecular formula is C13H19AsN2O9. The molecule has 0 fully saturated rings. The summed E-state index contributed by atoms with van der Waals surface area (Å²) in [6, 6.07) is 2.49. The molecule has 0 saturated carbocycles. The predicted octanol–water partition coefficient (Wildman–Crippen LogP) is -2.73. The van der Waals surface area contributed by atoms with Crippen LogP contribution in [0.15, 0.2) is 18.2 Å². The van der Waals surface area contributed by atoms with Gasteiger partial charge in [-0.3, -0.25) is 9.59 Å². The summed E-state index contributed by atoms with van der Waals surface area (Å²) in [6.07, 6.45) is -0.224. The first kappa shape index (κ1) is 22.8. The van der Waals surface area contributed by atoms with E-state index in [-0.39, 0.29) is 28.4 Å². The van der Waals surface area contributed by atoms with Gasteiger partial charge >= 0.3 is 99.9 Å². The van der Waals surface area contributed by atoms with Gasteiger partial charge < -0.3 is 15.9 Å². The zero-order valence-corrected chi connectivity index (χ0v) is 14.8. The van der Waals surface area contributed by atoms with E-state index in [4.69, 9.17) is 35.0 Å². The van der Waals surface area contributed by atoms with Crippen molar-refractivity contribution in [3.8, 4) is 0 Å². The molecule has 0 aliphatic carbocycles. The first-order chi connectivity index (χ1) is 11.4. The second-order valence-electron chi connectivity index (χ2n) is 4.78. The molecule has 1 atom stereocenters. The van der Waals surface area contributed by atoms with Crippen molar-refractivity contribution in [2.75, 3.05) is 12.3 Å². The van der Waals surface area contributed by atoms with Crippen molar-refractivity contribution in [2.45, 2.75) is 18.9 Å². The van der Waals surface area contributed by atoms with Crippen LogP contribution in [-0.4, -0.2) is 68.1 Å². The molecule has 11 nitrogen and oxygen atoms in total. The van der Waals surface area contributed by atoms with E-state index in [0.717, 1.165) is 12.1 Å². The molecule has 1 aromatic carbocycles. The van der Waals surface area contributed by atoms with E-state index in [0.29, 0.717) is 0 Å². The molecule has 0 amide bonds. The summed E-state index contributed by atoms with van der Waals surface area (Å²) in [5, 5.41) is 24.9. The number of anilines is 1. The van der Waals surface area contributed by atoms with Gasteiger partial charge in [0, 0.05) is 6.42 Å². The van der Waals surface area contributed by atoms with Crippen LogP contribution in [0, 0.1) is 0 Å². The number of rotatable bonds is 7. The molecule has 12 heteroatoms. The molecule has 0 heterocycles. The molecule has 0 aliphatic heterocycles. The number of carboxylic acid groups (broad SMARTS) is 2. The molecule has 0 saturated heterocycles. The zero-order chi connectivity index (χ0) is 19.8. The van der Waals surface area contributed by atoms with Crippen LogP contribution < -0.4 is 15.8 Å². The van der Waals surface area contributed by atoms with Crippen LogP contribution in [-0.2, 0) is 13.3 Å². The summed E-state index contributed by atoms with van der Waals surface area (Å²) in [5.41, 5.74) is 10.4. The van der Waals surface area contributed by atoms with Crippen molar-refractivity contribution in [1.29, 1.82) is 0 Å². The molecule has 0 unspecified atom stereocenters. The first-order valence-electron chi connectivity index (χ1n) is 6.70. The Morgan fingerprint density at radius 3 is 2.12 bits per heavy atom. The Labute approximate surface area is 144 Å². The van der Waals surface area contributed by atoms with Crippen molar-refractivity contribution in [1.82, 2.24) is 0 Å². The number of nitrogen functional groups attached to an aromatic ring is 1. The minimum atomic E-state index is -5.16. The third kappa shape index (κ3) is 8.47. The van der Waals surface area contributed by atoms with Gasteiger partial charge in [-0.1, -0.05) is 0 Å². The second-order valence-corrected chi connectivity index (χ2v) is 8.07. The molecule has 25 heavy (non-hydrogen) atoms. The van der Waals surface area contributed by atoms with Crippen LogP contribution in [0.1, 0.15) is 23.2 Å². The number of benzene rings is 1. The minimum absolute atomic E-state index is 0.0231. The van der Waals surface area contributed by atoms with Gasteiger partial charge in [0.1, 0.15) is 6.04 Å². The Balaban J connectivity index is 0.000000504. The fourth-order valence-corrected chi connectivity index (χ4v) is 3.14. The molecular weight excluding hydrogens is 403 g/mol. The van der Waals surface area contributed by atoms with Crippen molar-refractivity contribution in [3.63, 3.8) is 0 Å². The number of aliphatic hydroxyl groups is 1. The average molecular weight is 422 g/mol. The molecule has 1 rings (SSSR count). The number of ketones is 1. The standard InChI is InChI=1S/C8H10AsNO5.C5H9NO4/c10-5-1-2-7(9(13,14)15)6(3-5)8(12)4-11;6-3(5(9)10)1-2-4(7)8/h1-3,11H,4,10H2,(H2,13,14,15);3H,1-2,6H2,(H,7,8)(H,9,10)/t;3-/m.0/s1. The number of aliphatic carboxylic acids is 2. The number of hydrogen-bond donors (Lipinski definition) is 7. The Bertz CT molecular complexity index is 686. The van der Waals surface area contributed by atoms with Crippen LogP contribution in [0.25, 0.3) is 0 Å². The Morgan fingerprint density at radius 2 is 1.72 bits per heavy atom. The summed E-state index contributed by atoms with van der Waals surface area (Å²) in [7, 11) is 0. The molecule has 0 radical (unpaired) electrons. The maximum absolute atomic E-state index is 11.2. The third-order valence-electron chi connectivity index (χ3n) is 2.76. The van der Waals surface area contributed by atoms with Gasteiger partial charge in [0.25, 0.3) is 0 Å². The topological polar surface area (TPSA) is 221 Å². The monoisotopic (exact) mass is 422 g/mol. The fourth-order valence-electron chi connectivity index (χ4n) is 1.52. The van der Waals surface area contributed by atoms with Gasteiger partial charge in [-0.05, 0) is 6.42 Å². The molecule has 0 spiro atoms. The van der Waals surface area contributed by atoms with Crippen LogP contribution in [0.2, 0.25) is 0 Å². The van der Waals surface area contributed by atoms with Crippen LogP contribution in [0.5, 0.6) is 0 Å². The van der Waals surface area contributed by atoms with E-state index in [2.05, 4.69) is 0 Å². The van der Waals surface area contributed by atoms with Crippen molar-refractivity contribution >= 4 is 41.9 Å². The maximum atomic E-state index is 11.2. The normalized spacial score (nSPS) is 11.8. The molecule has 1 aromatic rings. The van der Waals surface area contributed by atoms with E-state index in [9.17, 15) is 18.1 Å². The van der Waals surface area contributed by atoms with Gasteiger partial charge in [-0.2, -0.15) is 0 Å². The van der Waals surface area contributed by atoms with E-state index in [1.165, 1.54) is 6.07 Å². The Kier molecular flexibility index (Phi) is 9.10. The van der Waals surface area contributed by atoms with Crippen molar-refractivity contribution < 1.29 is 41.6 Å². The van der Waals surface area contributed by atoms with Crippen LogP contribution in [0.3, 0.4) is 0 Å². The van der Waals surface area contributed by atoms with Crippen LogP contribution >= 0.6 is 0 Å². The second kappa shape index (κ2) is 9.96. The summed E-state index contributed by atoms with van der Waals surface area (Å²) in [4.78, 5) is 31.1. The summed E-state index contributed by atoms with van der Waals surface area (Å²) in [6.45, 7) is -0.813. The SMILES string of the molecule is N[C@@H](CCC(=O)O)C(=O)O.Nc1ccc([As](=O)(O)O)c(C(=O)CO)c1. The fraction of sp³-hybridized carbons (Fsp3) is 0.308. The predicted molar refractivity (Wildman–Crippen MR) is 85.3 cm³/mol. The number of nitrogens with two attached hydrogens (primary N) is 2. The Morgan fingerprint density at radius 1 is 1.16 bits per heavy atom. The van der Waals surface area contributed by atoms with Crippen LogP contribution in [0.4, 0.5) is 5.69 Å². The van der Waals surface area contributed by atoms with E-state index in [1.54, 1.807) is 0 Å². The number of carboxylic acids is 2. The molecule has 9 N–H and O–H groups in total. The summed E-state index contributed by atoms with van der Waals surface area (Å²) < 4.78 is 28.7. The molecule has 0 aliphatic rings. The molecule has 0 aromatic heterocycles. The van der Waals surface area contributed by atoms with Crippen molar-refractivity contribution in [3.05, 3.63) is 23.8 Å². The molecule has 0 bridgehead atoms. The summed E-state index contributed by atoms with van der Waals surface area (Å²) in [5.74, 6) is -2.96. The zero-order valence-electron chi connectivity index (χ0n) is 12.9. The van der Waals surface area contributed by atoms with E-state index < -0.39 is 44.5 Å². The van der Waals surface area contributed by atoms with Gasteiger partial charge in [0.2, 0.25) is 0 Å². The Hall–Kier alpha value is -2.17. The number of aliphatic hydroxyl groups excluding tert-OH is 1. The van der Waals surface area contributed by atoms with Gasteiger partial charge in [-0.15, -0.1) is 0 Å². The van der Waals surface area contributed by atoms with E-state index >= 15 is 0 Å². The first-order valence-corrected chi connectivity index (χ1v) is 10.1. The van der Waals surface area contributed by atoms with Gasteiger partial charge in [0.15, 0.2) is 0 Å². The van der Waals surface area contributed by atoms with Gasteiger partial charge in [-0.25, -0.2) is 0 Å². The number of carbonyl (C=O) groups excluding carboxylic acids is 1. The summed E-state index contributed by atoms with van der Waals surface area (Å²) >= 11 is -5.16. The van der Waals surface area contributed by atoms with Crippen molar-refractivity contribution in [2.24, 2.45) is 5.73 Å². The number of hydrogen-bond acceptors (Lipinski definition) is 7. The van der Waals surface area contributed by atoms with E-state index in [1.807, 2.05) is 0 Å². The number of Topliss-reactive ketones (excluding diaryl/α,β-unsaturated/α-hetero) is 1.